The van der Waals surface area contributed by atoms with Crippen LogP contribution in [0, 0.1) is 5.92 Å². The van der Waals surface area contributed by atoms with Crippen LogP contribution in [-0.2, 0) is 28.7 Å². The molecule has 0 spiro atoms. The molecule has 39 heavy (non-hydrogen) atoms. The maximum Gasteiger partial charge on any atom is 0.330 e. The van der Waals surface area contributed by atoms with Crippen LogP contribution in [-0.4, -0.2) is 101 Å². The van der Waals surface area contributed by atoms with Crippen molar-refractivity contribution in [2.24, 2.45) is 5.92 Å². The van der Waals surface area contributed by atoms with E-state index in [9.17, 15) is 28.8 Å². The van der Waals surface area contributed by atoms with E-state index in [1.165, 1.54) is 12.1 Å². The maximum absolute atomic E-state index is 13.2. The molecule has 0 aromatic heterocycles. The lowest BCUT2D eigenvalue weighted by molar-refractivity contribution is -0.166. The molecule has 4 rings (SSSR count). The number of likely N-dealkylation sites (tertiary alicyclic amines) is 1. The van der Waals surface area contributed by atoms with Crippen LogP contribution < -0.4 is 5.32 Å². The number of morpholine rings is 1. The van der Waals surface area contributed by atoms with Gasteiger partial charge in [0.1, 0.15) is 12.1 Å². The van der Waals surface area contributed by atoms with Crippen LogP contribution in [0.2, 0.25) is 0 Å². The van der Waals surface area contributed by atoms with Gasteiger partial charge in [-0.1, -0.05) is 32.9 Å². The van der Waals surface area contributed by atoms with Crippen molar-refractivity contribution in [2.45, 2.75) is 58.2 Å². The van der Waals surface area contributed by atoms with Gasteiger partial charge >= 0.3 is 5.97 Å². The molecule has 12 nitrogen and oxygen atoms in total. The number of nitrogens with zero attached hydrogens (tertiary/aromatic N) is 3. The monoisotopic (exact) mass is 542 g/mol. The summed E-state index contributed by atoms with van der Waals surface area (Å²) < 4.78 is 10.7. The van der Waals surface area contributed by atoms with Crippen LogP contribution in [0.1, 0.15) is 60.7 Å². The van der Waals surface area contributed by atoms with Crippen molar-refractivity contribution < 1.29 is 38.2 Å². The molecule has 3 atom stereocenters. The molecule has 1 N–H and O–H groups in total. The summed E-state index contributed by atoms with van der Waals surface area (Å²) in [6.45, 7) is 6.97. The van der Waals surface area contributed by atoms with E-state index < -0.39 is 54.5 Å². The minimum atomic E-state index is -1.19. The van der Waals surface area contributed by atoms with E-state index >= 15 is 0 Å². The Labute approximate surface area is 226 Å². The highest BCUT2D eigenvalue weighted by Crippen LogP contribution is 2.29. The molecule has 3 aliphatic heterocycles. The Kier molecular flexibility index (Phi) is 8.76. The Balaban J connectivity index is 1.40. The Hall–Kier alpha value is -3.64. The molecule has 210 valence electrons. The number of amides is 5. The number of carbonyl (C=O) groups excluding carboxylic acids is 6. The third-order valence-corrected chi connectivity index (χ3v) is 7.35. The minimum Gasteiger partial charge on any atom is -0.442 e. The molecule has 3 aliphatic rings. The first kappa shape index (κ1) is 28.4. The Bertz CT molecular complexity index is 1130. The summed E-state index contributed by atoms with van der Waals surface area (Å²) in [5.41, 5.74) is 0.395. The average Bonchev–Trinajstić information content (AvgIpc) is 3.17. The number of fused-ring (bicyclic) bond motifs is 1. The van der Waals surface area contributed by atoms with E-state index in [0.29, 0.717) is 32.7 Å². The molecule has 3 unspecified atom stereocenters. The second-order valence-electron chi connectivity index (χ2n) is 10.1. The number of hydrogen-bond acceptors (Lipinski definition) is 9. The second kappa shape index (κ2) is 12.0. The molecule has 0 saturated carbocycles. The van der Waals surface area contributed by atoms with E-state index in [1.807, 2.05) is 11.8 Å². The Morgan fingerprint density at radius 1 is 1.05 bits per heavy atom. The molecule has 3 heterocycles. The quantitative estimate of drug-likeness (QED) is 0.350. The molecule has 0 aliphatic carbocycles. The summed E-state index contributed by atoms with van der Waals surface area (Å²) in [7, 11) is 0. The molecule has 0 bridgehead atoms. The van der Waals surface area contributed by atoms with Crippen LogP contribution in [0.5, 0.6) is 0 Å². The van der Waals surface area contributed by atoms with Crippen LogP contribution in [0.3, 0.4) is 0 Å². The Morgan fingerprint density at radius 2 is 1.67 bits per heavy atom. The van der Waals surface area contributed by atoms with Crippen LogP contribution in [0.4, 0.5) is 0 Å². The van der Waals surface area contributed by atoms with Gasteiger partial charge in [-0.05, 0) is 30.9 Å². The smallest absolute Gasteiger partial charge is 0.330 e. The zero-order valence-corrected chi connectivity index (χ0v) is 22.4. The second-order valence-corrected chi connectivity index (χ2v) is 10.1. The van der Waals surface area contributed by atoms with Gasteiger partial charge < -0.3 is 14.8 Å². The van der Waals surface area contributed by atoms with Crippen molar-refractivity contribution in [3.05, 3.63) is 35.4 Å². The molecule has 1 aromatic rings. The van der Waals surface area contributed by atoms with E-state index in [1.54, 1.807) is 26.0 Å². The molecule has 12 heteroatoms. The van der Waals surface area contributed by atoms with Crippen molar-refractivity contribution in [3.63, 3.8) is 0 Å². The molecule has 0 radical (unpaired) electrons. The average molecular weight is 543 g/mol. The number of benzene rings is 1. The van der Waals surface area contributed by atoms with Gasteiger partial charge in [0.15, 0.2) is 6.73 Å². The highest BCUT2D eigenvalue weighted by Gasteiger charge is 2.47. The molecule has 2 saturated heterocycles. The third kappa shape index (κ3) is 5.71. The summed E-state index contributed by atoms with van der Waals surface area (Å²) in [5, 5.41) is 2.77. The topological polar surface area (TPSA) is 143 Å². The van der Waals surface area contributed by atoms with Crippen LogP contribution >= 0.6 is 0 Å². The fraction of sp³-hybridized carbons (Fsp3) is 0.556. The summed E-state index contributed by atoms with van der Waals surface area (Å²) in [5.74, 6) is -4.02. The van der Waals surface area contributed by atoms with E-state index in [-0.39, 0.29) is 35.8 Å². The third-order valence-electron chi connectivity index (χ3n) is 7.35. The van der Waals surface area contributed by atoms with Crippen molar-refractivity contribution in [1.82, 2.24) is 20.0 Å². The molecular formula is C27H34N4O8. The number of hydrogen-bond donors (Lipinski definition) is 1. The lowest BCUT2D eigenvalue weighted by Gasteiger charge is -2.35. The van der Waals surface area contributed by atoms with Crippen molar-refractivity contribution in [2.75, 3.05) is 33.0 Å². The molecule has 1 aromatic carbocycles. The number of imide groups is 2. The van der Waals surface area contributed by atoms with Gasteiger partial charge in [-0.3, -0.25) is 33.8 Å². The normalized spacial score (nSPS) is 21.7. The zero-order valence-electron chi connectivity index (χ0n) is 22.4. The number of ether oxygens (including phenoxy) is 2. The van der Waals surface area contributed by atoms with E-state index in [2.05, 4.69) is 5.32 Å². The van der Waals surface area contributed by atoms with Gasteiger partial charge in [0.05, 0.1) is 30.4 Å². The van der Waals surface area contributed by atoms with Gasteiger partial charge in [0.2, 0.25) is 11.8 Å². The minimum absolute atomic E-state index is 0.0157. The van der Waals surface area contributed by atoms with Crippen molar-refractivity contribution in [3.8, 4) is 0 Å². The SMILES string of the molecule is CCC(C(=O)NC(C(=O)OCN1C(=O)CCC(N2C(=O)c3ccccc3C2=O)C1=O)C(C)C)N1CCOCC1. The Morgan fingerprint density at radius 3 is 2.23 bits per heavy atom. The fourth-order valence-corrected chi connectivity index (χ4v) is 5.15. The van der Waals surface area contributed by atoms with Crippen LogP contribution in [0.25, 0.3) is 0 Å². The van der Waals surface area contributed by atoms with E-state index in [4.69, 9.17) is 9.47 Å². The lowest BCUT2D eigenvalue weighted by Crippen LogP contribution is -2.57. The first-order valence-electron chi connectivity index (χ1n) is 13.3. The molecule has 5 amide bonds. The first-order valence-corrected chi connectivity index (χ1v) is 13.3. The zero-order chi connectivity index (χ0) is 28.3. The number of piperidine rings is 1. The maximum atomic E-state index is 13.2. The number of nitrogens with one attached hydrogen (secondary N) is 1. The van der Waals surface area contributed by atoms with Crippen LogP contribution in [0.15, 0.2) is 24.3 Å². The first-order chi connectivity index (χ1) is 18.6. The number of carbonyl (C=O) groups is 6. The molecular weight excluding hydrogens is 508 g/mol. The van der Waals surface area contributed by atoms with Gasteiger partial charge in [0.25, 0.3) is 17.7 Å². The molecule has 2 fully saturated rings. The van der Waals surface area contributed by atoms with E-state index in [0.717, 1.165) is 9.80 Å². The summed E-state index contributed by atoms with van der Waals surface area (Å²) in [6, 6.07) is 3.64. The van der Waals surface area contributed by atoms with Crippen molar-refractivity contribution >= 4 is 35.5 Å². The summed E-state index contributed by atoms with van der Waals surface area (Å²) in [4.78, 5) is 81.3. The highest BCUT2D eigenvalue weighted by molar-refractivity contribution is 6.23. The summed E-state index contributed by atoms with van der Waals surface area (Å²) in [6.07, 6.45) is 0.420. The van der Waals surface area contributed by atoms with Gasteiger partial charge in [-0.25, -0.2) is 9.69 Å². The predicted molar refractivity (Wildman–Crippen MR) is 136 cm³/mol. The van der Waals surface area contributed by atoms with Gasteiger partial charge in [-0.15, -0.1) is 0 Å². The fourth-order valence-electron chi connectivity index (χ4n) is 5.15. The predicted octanol–water partition coefficient (Wildman–Crippen LogP) is 0.553. The highest BCUT2D eigenvalue weighted by atomic mass is 16.5. The van der Waals surface area contributed by atoms with Crippen molar-refractivity contribution in [1.29, 1.82) is 0 Å². The standard InChI is InChI=1S/C27H34N4O8/c1-4-19(29-11-13-38-14-12-29)23(33)28-22(16(2)3)27(37)39-15-30-21(32)10-9-20(26(30)36)31-24(34)17-7-5-6-8-18(17)25(31)35/h5-8,16,19-20,22H,4,9-15H2,1-3H3,(H,28,33). The largest absolute Gasteiger partial charge is 0.442 e. The lowest BCUT2D eigenvalue weighted by atomic mass is 10.0. The van der Waals surface area contributed by atoms with Gasteiger partial charge in [-0.2, -0.15) is 0 Å². The number of rotatable bonds is 9. The summed E-state index contributed by atoms with van der Waals surface area (Å²) >= 11 is 0. The van der Waals surface area contributed by atoms with Gasteiger partial charge in [0, 0.05) is 19.5 Å². The number of esters is 1.